The largest absolute Gasteiger partial charge is 0.383 e. The highest BCUT2D eigenvalue weighted by Gasteiger charge is 2.27. The molecule has 0 fully saturated rings. The first-order valence-corrected chi connectivity index (χ1v) is 5.05. The van der Waals surface area contributed by atoms with Crippen LogP contribution >= 0.6 is 0 Å². The monoisotopic (exact) mass is 184 g/mol. The number of hydrogen-bond acceptors (Lipinski definition) is 2. The molecule has 1 aliphatic carbocycles. The smallest absolute Gasteiger partial charge is 0.106 e. The summed E-state index contributed by atoms with van der Waals surface area (Å²) in [4.78, 5) is 0. The second-order valence-corrected chi connectivity index (χ2v) is 4.34. The number of ether oxygens (including phenoxy) is 1. The van der Waals surface area contributed by atoms with Crippen LogP contribution in [0.2, 0.25) is 0 Å². The molecular formula is C11H20O2. The zero-order valence-corrected chi connectivity index (χ0v) is 8.79. The Morgan fingerprint density at radius 2 is 2.31 bits per heavy atom. The molecule has 2 nitrogen and oxygen atoms in total. The summed E-state index contributed by atoms with van der Waals surface area (Å²) in [7, 11) is 0. The summed E-state index contributed by atoms with van der Waals surface area (Å²) in [6.07, 6.45) is 6.03. The second-order valence-electron chi connectivity index (χ2n) is 4.34. The molecule has 0 aliphatic heterocycles. The van der Waals surface area contributed by atoms with Gasteiger partial charge in [-0.25, -0.2) is 0 Å². The Morgan fingerprint density at radius 3 is 2.77 bits per heavy atom. The highest BCUT2D eigenvalue weighted by Crippen LogP contribution is 2.25. The van der Waals surface area contributed by atoms with Crippen molar-refractivity contribution in [1.82, 2.24) is 0 Å². The van der Waals surface area contributed by atoms with Gasteiger partial charge in [0.2, 0.25) is 0 Å². The van der Waals surface area contributed by atoms with Crippen molar-refractivity contribution in [3.8, 4) is 0 Å². The zero-order chi connectivity index (χ0) is 9.90. The van der Waals surface area contributed by atoms with E-state index in [0.29, 0.717) is 12.5 Å². The minimum Gasteiger partial charge on any atom is -0.383 e. The number of hydrogen-bond donors (Lipinski definition) is 1. The molecule has 2 unspecified atom stereocenters. The van der Waals surface area contributed by atoms with Crippen LogP contribution in [0.4, 0.5) is 0 Å². The maximum Gasteiger partial charge on any atom is 0.106 e. The average molecular weight is 184 g/mol. The van der Waals surface area contributed by atoms with Crippen LogP contribution in [0, 0.1) is 5.92 Å². The van der Waals surface area contributed by atoms with E-state index >= 15 is 0 Å². The molecule has 0 bridgehead atoms. The van der Waals surface area contributed by atoms with Gasteiger partial charge in [-0.2, -0.15) is 0 Å². The van der Waals surface area contributed by atoms with Gasteiger partial charge in [0.15, 0.2) is 0 Å². The maximum atomic E-state index is 10.0. The summed E-state index contributed by atoms with van der Waals surface area (Å²) in [5.41, 5.74) is -0.712. The van der Waals surface area contributed by atoms with E-state index in [1.165, 1.54) is 0 Å². The van der Waals surface area contributed by atoms with Gasteiger partial charge < -0.3 is 9.84 Å². The van der Waals surface area contributed by atoms with Crippen LogP contribution in [-0.2, 0) is 4.74 Å². The van der Waals surface area contributed by atoms with Crippen molar-refractivity contribution in [3.05, 3.63) is 12.2 Å². The Hall–Kier alpha value is -0.340. The first-order chi connectivity index (χ1) is 6.02. The van der Waals surface area contributed by atoms with Crippen LogP contribution in [0.5, 0.6) is 0 Å². The van der Waals surface area contributed by atoms with Gasteiger partial charge in [0.05, 0.1) is 12.7 Å². The quantitative estimate of drug-likeness (QED) is 0.681. The molecule has 1 rings (SSSR count). The third-order valence-corrected chi connectivity index (χ3v) is 2.43. The van der Waals surface area contributed by atoms with E-state index in [1.54, 1.807) is 0 Å². The van der Waals surface area contributed by atoms with Gasteiger partial charge in [-0.3, -0.25) is 0 Å². The average Bonchev–Trinajstić information content (AvgIpc) is 2.08. The standard InChI is InChI=1S/C11H20O2/c1-9(2)13-8-11(12)6-4-10(3)5-7-11/h4,6,9-10,12H,5,7-8H2,1-3H3. The first-order valence-electron chi connectivity index (χ1n) is 5.05. The molecule has 0 saturated carbocycles. The lowest BCUT2D eigenvalue weighted by molar-refractivity contribution is -0.0450. The van der Waals surface area contributed by atoms with Gasteiger partial charge in [0.25, 0.3) is 0 Å². The van der Waals surface area contributed by atoms with Crippen LogP contribution in [0.15, 0.2) is 12.2 Å². The molecule has 0 radical (unpaired) electrons. The highest BCUT2D eigenvalue weighted by molar-refractivity contribution is 5.07. The van der Waals surface area contributed by atoms with Crippen molar-refractivity contribution in [1.29, 1.82) is 0 Å². The number of aliphatic hydroxyl groups is 1. The summed E-state index contributed by atoms with van der Waals surface area (Å²) in [5.74, 6) is 0.597. The predicted molar refractivity (Wildman–Crippen MR) is 53.6 cm³/mol. The molecular weight excluding hydrogens is 164 g/mol. The zero-order valence-electron chi connectivity index (χ0n) is 8.79. The van der Waals surface area contributed by atoms with Crippen molar-refractivity contribution >= 4 is 0 Å². The van der Waals surface area contributed by atoms with E-state index in [2.05, 4.69) is 13.0 Å². The second kappa shape index (κ2) is 4.25. The van der Waals surface area contributed by atoms with Crippen molar-refractivity contribution in [3.63, 3.8) is 0 Å². The normalized spacial score (nSPS) is 34.1. The molecule has 0 heterocycles. The van der Waals surface area contributed by atoms with E-state index in [9.17, 15) is 5.11 Å². The molecule has 2 heteroatoms. The molecule has 0 spiro atoms. The van der Waals surface area contributed by atoms with Gasteiger partial charge in [-0.1, -0.05) is 19.1 Å². The predicted octanol–water partition coefficient (Wildman–Crippen LogP) is 2.13. The minimum atomic E-state index is -0.712. The van der Waals surface area contributed by atoms with Crippen molar-refractivity contribution in [2.24, 2.45) is 5.92 Å². The lowest BCUT2D eigenvalue weighted by Crippen LogP contribution is -2.35. The highest BCUT2D eigenvalue weighted by atomic mass is 16.5. The van der Waals surface area contributed by atoms with Crippen molar-refractivity contribution in [2.45, 2.75) is 45.3 Å². The summed E-state index contributed by atoms with van der Waals surface area (Å²) in [6.45, 7) is 6.56. The van der Waals surface area contributed by atoms with Gasteiger partial charge in [0.1, 0.15) is 5.60 Å². The maximum absolute atomic E-state index is 10.0. The SMILES string of the molecule is CC1C=CC(O)(COC(C)C)CC1. The van der Waals surface area contributed by atoms with E-state index < -0.39 is 5.60 Å². The Kier molecular flexibility index (Phi) is 3.51. The molecule has 1 aliphatic rings. The molecule has 0 aromatic heterocycles. The van der Waals surface area contributed by atoms with Crippen LogP contribution < -0.4 is 0 Å². The van der Waals surface area contributed by atoms with Gasteiger partial charge in [-0.15, -0.1) is 0 Å². The summed E-state index contributed by atoms with van der Waals surface area (Å²) in [5, 5.41) is 10.0. The summed E-state index contributed by atoms with van der Waals surface area (Å²) in [6, 6.07) is 0. The van der Waals surface area contributed by atoms with Crippen LogP contribution in [-0.4, -0.2) is 23.4 Å². The fourth-order valence-electron chi connectivity index (χ4n) is 1.43. The Bertz CT molecular complexity index is 187. The van der Waals surface area contributed by atoms with Crippen LogP contribution in [0.25, 0.3) is 0 Å². The third-order valence-electron chi connectivity index (χ3n) is 2.43. The van der Waals surface area contributed by atoms with E-state index in [0.717, 1.165) is 12.8 Å². The van der Waals surface area contributed by atoms with Gasteiger partial charge >= 0.3 is 0 Å². The van der Waals surface area contributed by atoms with Gasteiger partial charge in [-0.05, 0) is 32.6 Å². The molecule has 76 valence electrons. The lowest BCUT2D eigenvalue weighted by Gasteiger charge is -2.30. The third kappa shape index (κ3) is 3.49. The van der Waals surface area contributed by atoms with Crippen LogP contribution in [0.3, 0.4) is 0 Å². The number of allylic oxidation sites excluding steroid dienone is 1. The molecule has 0 amide bonds. The molecule has 2 atom stereocenters. The lowest BCUT2D eigenvalue weighted by atomic mass is 9.86. The van der Waals surface area contributed by atoms with E-state index in [1.807, 2.05) is 19.9 Å². The molecule has 13 heavy (non-hydrogen) atoms. The molecule has 1 N–H and O–H groups in total. The first kappa shape index (κ1) is 10.7. The fourth-order valence-corrected chi connectivity index (χ4v) is 1.43. The van der Waals surface area contributed by atoms with Crippen molar-refractivity contribution < 1.29 is 9.84 Å². The Balaban J connectivity index is 2.43. The van der Waals surface area contributed by atoms with E-state index in [4.69, 9.17) is 4.74 Å². The van der Waals surface area contributed by atoms with Crippen molar-refractivity contribution in [2.75, 3.05) is 6.61 Å². The fraction of sp³-hybridized carbons (Fsp3) is 0.818. The Morgan fingerprint density at radius 1 is 1.62 bits per heavy atom. The van der Waals surface area contributed by atoms with Gasteiger partial charge in [0, 0.05) is 0 Å². The summed E-state index contributed by atoms with van der Waals surface area (Å²) < 4.78 is 5.42. The molecule has 0 aromatic carbocycles. The Labute approximate surface area is 80.6 Å². The minimum absolute atomic E-state index is 0.191. The number of rotatable bonds is 3. The molecule has 0 aromatic rings. The summed E-state index contributed by atoms with van der Waals surface area (Å²) >= 11 is 0. The topological polar surface area (TPSA) is 29.5 Å². The van der Waals surface area contributed by atoms with Crippen LogP contribution in [0.1, 0.15) is 33.6 Å². The molecule has 0 saturated heterocycles. The van der Waals surface area contributed by atoms with E-state index in [-0.39, 0.29) is 6.10 Å².